The van der Waals surface area contributed by atoms with E-state index in [-0.39, 0.29) is 19.0 Å². The van der Waals surface area contributed by atoms with Gasteiger partial charge in [-0.3, -0.25) is 4.79 Å². The Morgan fingerprint density at radius 3 is 2.21 bits per heavy atom. The minimum atomic E-state index is -3.57. The van der Waals surface area contributed by atoms with Gasteiger partial charge in [0.15, 0.2) is 0 Å². The lowest BCUT2D eigenvalue weighted by Crippen LogP contribution is -2.53. The largest absolute Gasteiger partial charge is 0.339 e. The van der Waals surface area contributed by atoms with Crippen LogP contribution >= 0.6 is 0 Å². The Labute approximate surface area is 168 Å². The summed E-state index contributed by atoms with van der Waals surface area (Å²) in [7, 11) is -3.57. The Hall–Kier alpha value is -1.91. The third-order valence-electron chi connectivity index (χ3n) is 6.31. The van der Waals surface area contributed by atoms with E-state index in [1.54, 1.807) is 17.0 Å². The van der Waals surface area contributed by atoms with Crippen molar-refractivity contribution in [2.45, 2.75) is 56.8 Å². The van der Waals surface area contributed by atoms with Gasteiger partial charge < -0.3 is 4.90 Å². The van der Waals surface area contributed by atoms with Crippen LogP contribution in [0.2, 0.25) is 0 Å². The quantitative estimate of drug-likeness (QED) is 0.756. The van der Waals surface area contributed by atoms with E-state index in [1.807, 2.05) is 12.1 Å². The van der Waals surface area contributed by atoms with Crippen LogP contribution in [-0.2, 0) is 14.8 Å². The number of sulfonamides is 1. The lowest BCUT2D eigenvalue weighted by Gasteiger charge is -2.37. The maximum Gasteiger partial charge on any atom is 0.243 e. The van der Waals surface area contributed by atoms with E-state index in [1.165, 1.54) is 4.31 Å². The molecule has 1 atom stereocenters. The summed E-state index contributed by atoms with van der Waals surface area (Å²) in [5.74, 6) is 0.275. The second kappa shape index (κ2) is 8.22. The van der Waals surface area contributed by atoms with Gasteiger partial charge in [0.2, 0.25) is 15.9 Å². The fourth-order valence-electron chi connectivity index (χ4n) is 4.14. The molecule has 2 fully saturated rings. The van der Waals surface area contributed by atoms with Crippen molar-refractivity contribution in [3.63, 3.8) is 0 Å². The van der Waals surface area contributed by atoms with Crippen molar-refractivity contribution in [1.29, 1.82) is 5.26 Å². The summed E-state index contributed by atoms with van der Waals surface area (Å²) < 4.78 is 27.4. The summed E-state index contributed by atoms with van der Waals surface area (Å²) in [6.07, 6.45) is 4.04. The maximum absolute atomic E-state index is 13.0. The monoisotopic (exact) mass is 403 g/mol. The highest BCUT2D eigenvalue weighted by molar-refractivity contribution is 7.89. The van der Waals surface area contributed by atoms with Crippen molar-refractivity contribution < 1.29 is 13.2 Å². The van der Waals surface area contributed by atoms with Gasteiger partial charge in [-0.05, 0) is 42.9 Å². The Balaban J connectivity index is 1.67. The van der Waals surface area contributed by atoms with E-state index >= 15 is 0 Å². The molecule has 1 unspecified atom stereocenters. The molecule has 6 nitrogen and oxygen atoms in total. The zero-order chi connectivity index (χ0) is 20.4. The van der Waals surface area contributed by atoms with Crippen LogP contribution in [0, 0.1) is 16.7 Å². The number of nitrogens with zero attached hydrogens (tertiary/aromatic N) is 3. The Bertz CT molecular complexity index is 844. The number of amides is 1. The zero-order valence-corrected chi connectivity index (χ0v) is 17.5. The van der Waals surface area contributed by atoms with Crippen LogP contribution in [0.3, 0.4) is 0 Å². The van der Waals surface area contributed by atoms with Gasteiger partial charge >= 0.3 is 0 Å². The Morgan fingerprint density at radius 1 is 1.14 bits per heavy atom. The van der Waals surface area contributed by atoms with E-state index in [9.17, 15) is 18.5 Å². The average Bonchev–Trinajstić information content (AvgIpc) is 3.23. The topological polar surface area (TPSA) is 81.5 Å². The molecule has 1 aliphatic heterocycles. The minimum Gasteiger partial charge on any atom is -0.339 e. The van der Waals surface area contributed by atoms with Crippen molar-refractivity contribution in [2.75, 3.05) is 26.2 Å². The molecule has 2 aliphatic rings. The van der Waals surface area contributed by atoms with Gasteiger partial charge in [0, 0.05) is 26.2 Å². The molecule has 1 aromatic rings. The van der Waals surface area contributed by atoms with Gasteiger partial charge in [-0.15, -0.1) is 0 Å². The van der Waals surface area contributed by atoms with Crippen LogP contribution in [0.5, 0.6) is 0 Å². The smallest absolute Gasteiger partial charge is 0.243 e. The molecule has 1 aromatic carbocycles. The van der Waals surface area contributed by atoms with Crippen LogP contribution in [0.15, 0.2) is 29.2 Å². The number of nitriles is 1. The fourth-order valence-corrected chi connectivity index (χ4v) is 5.56. The molecular weight excluding hydrogens is 374 g/mol. The molecule has 0 N–H and O–H groups in total. The predicted octanol–water partition coefficient (Wildman–Crippen LogP) is 3.12. The molecule has 0 aromatic heterocycles. The van der Waals surface area contributed by atoms with Gasteiger partial charge in [0.25, 0.3) is 0 Å². The molecule has 3 rings (SSSR count). The minimum absolute atomic E-state index is 0.123. The molecule has 1 saturated heterocycles. The number of hydrogen-bond acceptors (Lipinski definition) is 4. The van der Waals surface area contributed by atoms with Gasteiger partial charge in [0.1, 0.15) is 5.41 Å². The van der Waals surface area contributed by atoms with Crippen molar-refractivity contribution in [2.24, 2.45) is 5.41 Å². The molecule has 0 radical (unpaired) electrons. The second-order valence-electron chi connectivity index (χ2n) is 7.98. The predicted molar refractivity (Wildman–Crippen MR) is 107 cm³/mol. The first-order valence-electron chi connectivity index (χ1n) is 10.1. The molecule has 1 saturated carbocycles. The molecular formula is C21H29N3O3S. The number of benzene rings is 1. The van der Waals surface area contributed by atoms with E-state index in [4.69, 9.17) is 0 Å². The van der Waals surface area contributed by atoms with E-state index in [0.717, 1.165) is 24.8 Å². The van der Waals surface area contributed by atoms with Gasteiger partial charge in [-0.25, -0.2) is 8.42 Å². The van der Waals surface area contributed by atoms with Crippen LogP contribution < -0.4 is 0 Å². The molecule has 1 heterocycles. The Kier molecular flexibility index (Phi) is 6.11. The standard InChI is InChI=1S/C21H29N3O3S/c1-3-17(2)18-6-8-19(9-7-18)28(26,27)24-14-12-23(13-15-24)20(25)21(16-22)10-4-5-11-21/h6-9,17H,3-5,10-15H2,1-2H3. The number of hydrogen-bond donors (Lipinski definition) is 0. The lowest BCUT2D eigenvalue weighted by molar-refractivity contribution is -0.140. The third-order valence-corrected chi connectivity index (χ3v) is 8.22. The van der Waals surface area contributed by atoms with Crippen LogP contribution in [0.1, 0.15) is 57.4 Å². The molecule has 1 amide bonds. The number of carbonyl (C=O) groups is 1. The van der Waals surface area contributed by atoms with Crippen LogP contribution in [0.4, 0.5) is 0 Å². The number of carbonyl (C=O) groups excluding carboxylic acids is 1. The second-order valence-corrected chi connectivity index (χ2v) is 9.91. The fraction of sp³-hybridized carbons (Fsp3) is 0.619. The third kappa shape index (κ3) is 3.81. The summed E-state index contributed by atoms with van der Waals surface area (Å²) in [6, 6.07) is 9.37. The lowest BCUT2D eigenvalue weighted by atomic mass is 9.86. The first-order chi connectivity index (χ1) is 13.3. The molecule has 7 heteroatoms. The highest BCUT2D eigenvalue weighted by atomic mass is 32.2. The van der Waals surface area contributed by atoms with Crippen molar-refractivity contribution in [3.05, 3.63) is 29.8 Å². The summed E-state index contributed by atoms with van der Waals surface area (Å²) in [5.41, 5.74) is 0.238. The summed E-state index contributed by atoms with van der Waals surface area (Å²) >= 11 is 0. The molecule has 0 bridgehead atoms. The van der Waals surface area contributed by atoms with E-state index in [0.29, 0.717) is 36.7 Å². The molecule has 152 valence electrons. The van der Waals surface area contributed by atoms with Crippen molar-refractivity contribution in [1.82, 2.24) is 9.21 Å². The molecule has 0 spiro atoms. The van der Waals surface area contributed by atoms with Crippen molar-refractivity contribution in [3.8, 4) is 6.07 Å². The normalized spacial score (nSPS) is 21.2. The van der Waals surface area contributed by atoms with Crippen LogP contribution in [-0.4, -0.2) is 49.7 Å². The molecule has 28 heavy (non-hydrogen) atoms. The Morgan fingerprint density at radius 2 is 1.71 bits per heavy atom. The van der Waals surface area contributed by atoms with Gasteiger partial charge in [-0.2, -0.15) is 9.57 Å². The van der Waals surface area contributed by atoms with E-state index in [2.05, 4.69) is 19.9 Å². The van der Waals surface area contributed by atoms with Gasteiger partial charge in [0.05, 0.1) is 11.0 Å². The summed E-state index contributed by atoms with van der Waals surface area (Å²) in [5, 5.41) is 9.52. The SMILES string of the molecule is CCC(C)c1ccc(S(=O)(=O)N2CCN(C(=O)C3(C#N)CCCC3)CC2)cc1. The highest BCUT2D eigenvalue weighted by Gasteiger charge is 2.45. The zero-order valence-electron chi connectivity index (χ0n) is 16.7. The van der Waals surface area contributed by atoms with Crippen molar-refractivity contribution >= 4 is 15.9 Å². The summed E-state index contributed by atoms with van der Waals surface area (Å²) in [6.45, 7) is 5.44. The summed E-state index contributed by atoms with van der Waals surface area (Å²) in [4.78, 5) is 14.8. The average molecular weight is 404 g/mol. The first-order valence-corrected chi connectivity index (χ1v) is 11.6. The maximum atomic E-state index is 13.0. The first kappa shape index (κ1) is 20.8. The number of piperazine rings is 1. The highest BCUT2D eigenvalue weighted by Crippen LogP contribution is 2.39. The number of rotatable bonds is 5. The van der Waals surface area contributed by atoms with E-state index < -0.39 is 15.4 Å². The molecule has 1 aliphatic carbocycles. The van der Waals surface area contributed by atoms with Crippen LogP contribution in [0.25, 0.3) is 0 Å². The van der Waals surface area contributed by atoms with Gasteiger partial charge in [-0.1, -0.05) is 38.8 Å².